The molecule has 0 aliphatic heterocycles. The van der Waals surface area contributed by atoms with Gasteiger partial charge in [-0.15, -0.1) is 10.2 Å². The summed E-state index contributed by atoms with van der Waals surface area (Å²) < 4.78 is 6.43. The van der Waals surface area contributed by atoms with E-state index in [0.29, 0.717) is 27.7 Å². The number of ether oxygens (including phenoxy) is 1. The van der Waals surface area contributed by atoms with Crippen LogP contribution in [0, 0.1) is 0 Å². The molecular formula is C16H15N5O3S. The third-order valence-corrected chi connectivity index (χ3v) is 4.28. The number of carbonyl (C=O) groups excluding carboxylic acids is 2. The van der Waals surface area contributed by atoms with E-state index in [1.165, 1.54) is 18.9 Å². The van der Waals surface area contributed by atoms with Gasteiger partial charge in [-0.25, -0.2) is 4.79 Å². The number of para-hydroxylation sites is 1. The molecule has 0 unspecified atom stereocenters. The second-order valence-corrected chi connectivity index (χ2v) is 5.99. The minimum atomic E-state index is -0.512. The maximum absolute atomic E-state index is 12.2. The highest BCUT2D eigenvalue weighted by Crippen LogP contribution is 2.20. The van der Waals surface area contributed by atoms with E-state index in [-0.39, 0.29) is 11.7 Å². The smallest absolute Gasteiger partial charge is 0.339 e. The number of nitrogens with one attached hydrogen (secondary N) is 1. The molecule has 8 nitrogen and oxygen atoms in total. The quantitative estimate of drug-likeness (QED) is 0.529. The predicted molar refractivity (Wildman–Crippen MR) is 94.5 cm³/mol. The molecule has 3 rings (SSSR count). The van der Waals surface area contributed by atoms with Crippen molar-refractivity contribution in [1.29, 1.82) is 0 Å². The van der Waals surface area contributed by atoms with Crippen LogP contribution in [0.1, 0.15) is 10.4 Å². The van der Waals surface area contributed by atoms with Gasteiger partial charge in [0.2, 0.25) is 5.91 Å². The molecule has 3 aromatic rings. The van der Waals surface area contributed by atoms with Gasteiger partial charge in [0.25, 0.3) is 0 Å². The van der Waals surface area contributed by atoms with Crippen molar-refractivity contribution in [2.24, 2.45) is 0 Å². The lowest BCUT2D eigenvalue weighted by Gasteiger charge is -2.09. The number of nitrogen functional groups attached to an aromatic ring is 1. The van der Waals surface area contributed by atoms with Crippen molar-refractivity contribution >= 4 is 40.7 Å². The van der Waals surface area contributed by atoms with Crippen LogP contribution >= 0.6 is 11.8 Å². The summed E-state index contributed by atoms with van der Waals surface area (Å²) in [6.07, 6.45) is 1.70. The number of benzene rings is 1. The first-order valence-electron chi connectivity index (χ1n) is 7.28. The van der Waals surface area contributed by atoms with Gasteiger partial charge < -0.3 is 15.8 Å². The number of methoxy groups -OCH3 is 1. The molecule has 2 aromatic heterocycles. The van der Waals surface area contributed by atoms with Crippen LogP contribution < -0.4 is 11.1 Å². The Bertz CT molecular complexity index is 940. The van der Waals surface area contributed by atoms with E-state index >= 15 is 0 Å². The number of aromatic nitrogens is 3. The molecule has 0 bridgehead atoms. The fraction of sp³-hybridized carbons (Fsp3) is 0.125. The number of hydrogen-bond donors (Lipinski definition) is 2. The van der Waals surface area contributed by atoms with Gasteiger partial charge in [-0.1, -0.05) is 23.9 Å². The molecule has 9 heteroatoms. The van der Waals surface area contributed by atoms with Crippen molar-refractivity contribution in [3.05, 3.63) is 48.2 Å². The molecule has 1 amide bonds. The summed E-state index contributed by atoms with van der Waals surface area (Å²) in [4.78, 5) is 23.9. The summed E-state index contributed by atoms with van der Waals surface area (Å²) in [5.74, 6) is -0.685. The SMILES string of the molecule is COC(=O)c1ccccc1NC(=O)CSc1nnc2ccc(N)cn12. The van der Waals surface area contributed by atoms with E-state index in [1.807, 2.05) is 0 Å². The molecule has 3 N–H and O–H groups in total. The van der Waals surface area contributed by atoms with Crippen molar-refractivity contribution < 1.29 is 14.3 Å². The number of hydrogen-bond acceptors (Lipinski definition) is 7. The number of fused-ring (bicyclic) bond motifs is 1. The molecule has 0 saturated heterocycles. The zero-order valence-corrected chi connectivity index (χ0v) is 14.1. The number of anilines is 2. The summed E-state index contributed by atoms with van der Waals surface area (Å²) in [6.45, 7) is 0. The molecule has 0 radical (unpaired) electrons. The fourth-order valence-electron chi connectivity index (χ4n) is 2.18. The third kappa shape index (κ3) is 3.72. The number of nitrogens with two attached hydrogens (primary N) is 1. The Morgan fingerprint density at radius 2 is 2.04 bits per heavy atom. The van der Waals surface area contributed by atoms with Crippen molar-refractivity contribution in [1.82, 2.24) is 14.6 Å². The zero-order chi connectivity index (χ0) is 17.8. The van der Waals surface area contributed by atoms with E-state index in [4.69, 9.17) is 10.5 Å². The van der Waals surface area contributed by atoms with Crippen LogP contribution in [0.3, 0.4) is 0 Å². The number of carbonyl (C=O) groups is 2. The lowest BCUT2D eigenvalue weighted by atomic mass is 10.2. The minimum Gasteiger partial charge on any atom is -0.465 e. The van der Waals surface area contributed by atoms with Crippen LogP contribution in [0.5, 0.6) is 0 Å². The fourth-order valence-corrected chi connectivity index (χ4v) is 2.90. The molecule has 1 aromatic carbocycles. The van der Waals surface area contributed by atoms with Crippen molar-refractivity contribution in [2.75, 3.05) is 23.9 Å². The number of esters is 1. The molecule has 0 spiro atoms. The van der Waals surface area contributed by atoms with E-state index in [0.717, 1.165) is 0 Å². The zero-order valence-electron chi connectivity index (χ0n) is 13.3. The largest absolute Gasteiger partial charge is 0.465 e. The van der Waals surface area contributed by atoms with Gasteiger partial charge in [0.15, 0.2) is 10.8 Å². The van der Waals surface area contributed by atoms with Crippen LogP contribution in [0.4, 0.5) is 11.4 Å². The lowest BCUT2D eigenvalue weighted by Crippen LogP contribution is -2.17. The Kier molecular flexibility index (Phi) is 4.85. The van der Waals surface area contributed by atoms with Gasteiger partial charge in [0.1, 0.15) is 0 Å². The van der Waals surface area contributed by atoms with Crippen molar-refractivity contribution in [3.63, 3.8) is 0 Å². The lowest BCUT2D eigenvalue weighted by molar-refractivity contribution is -0.113. The van der Waals surface area contributed by atoms with Gasteiger partial charge in [-0.05, 0) is 24.3 Å². The van der Waals surface area contributed by atoms with Gasteiger partial charge in [-0.2, -0.15) is 0 Å². The summed E-state index contributed by atoms with van der Waals surface area (Å²) in [5.41, 5.74) is 7.67. The second-order valence-electron chi connectivity index (χ2n) is 5.05. The molecule has 0 aliphatic carbocycles. The summed E-state index contributed by atoms with van der Waals surface area (Å²) >= 11 is 1.22. The Hall–Kier alpha value is -3.07. The molecular weight excluding hydrogens is 342 g/mol. The first kappa shape index (κ1) is 16.8. The van der Waals surface area contributed by atoms with E-state index in [9.17, 15) is 9.59 Å². The molecule has 0 aliphatic rings. The van der Waals surface area contributed by atoms with E-state index in [2.05, 4.69) is 15.5 Å². The average molecular weight is 357 g/mol. The first-order valence-corrected chi connectivity index (χ1v) is 8.27. The number of nitrogens with zero attached hydrogens (tertiary/aromatic N) is 3. The minimum absolute atomic E-state index is 0.102. The highest BCUT2D eigenvalue weighted by atomic mass is 32.2. The van der Waals surface area contributed by atoms with Crippen molar-refractivity contribution in [3.8, 4) is 0 Å². The first-order chi connectivity index (χ1) is 12.1. The summed E-state index contributed by atoms with van der Waals surface area (Å²) in [7, 11) is 1.29. The standard InChI is InChI=1S/C16H15N5O3S/c1-24-15(23)11-4-2-3-5-12(11)18-14(22)9-25-16-20-19-13-7-6-10(17)8-21(13)16/h2-8H,9,17H2,1H3,(H,18,22). The molecule has 25 heavy (non-hydrogen) atoms. The maximum Gasteiger partial charge on any atom is 0.339 e. The van der Waals surface area contributed by atoms with E-state index in [1.54, 1.807) is 47.0 Å². The molecule has 0 atom stereocenters. The Morgan fingerprint density at radius 3 is 2.84 bits per heavy atom. The van der Waals surface area contributed by atoms with Crippen molar-refractivity contribution in [2.45, 2.75) is 5.16 Å². The average Bonchev–Trinajstić information content (AvgIpc) is 3.02. The normalized spacial score (nSPS) is 10.6. The highest BCUT2D eigenvalue weighted by molar-refractivity contribution is 7.99. The Labute approximate surface area is 147 Å². The molecule has 2 heterocycles. The second kappa shape index (κ2) is 7.22. The van der Waals surface area contributed by atoms with Gasteiger partial charge in [0, 0.05) is 11.9 Å². The Morgan fingerprint density at radius 1 is 1.24 bits per heavy atom. The number of rotatable bonds is 5. The number of amides is 1. The van der Waals surface area contributed by atoms with Crippen LogP contribution in [0.15, 0.2) is 47.8 Å². The highest BCUT2D eigenvalue weighted by Gasteiger charge is 2.14. The summed E-state index contributed by atoms with van der Waals surface area (Å²) in [5, 5.41) is 11.3. The summed E-state index contributed by atoms with van der Waals surface area (Å²) in [6, 6.07) is 10.1. The molecule has 0 saturated carbocycles. The van der Waals surface area contributed by atoms with Gasteiger partial charge in [-0.3, -0.25) is 9.20 Å². The van der Waals surface area contributed by atoms with Gasteiger partial charge in [0.05, 0.1) is 24.1 Å². The maximum atomic E-state index is 12.2. The van der Waals surface area contributed by atoms with Crippen LogP contribution in [-0.2, 0) is 9.53 Å². The predicted octanol–water partition coefficient (Wildman–Crippen LogP) is 1.83. The van der Waals surface area contributed by atoms with Crippen LogP contribution in [0.2, 0.25) is 0 Å². The topological polar surface area (TPSA) is 112 Å². The monoisotopic (exact) mass is 357 g/mol. The number of pyridine rings is 1. The molecule has 0 fully saturated rings. The van der Waals surface area contributed by atoms with E-state index < -0.39 is 5.97 Å². The van der Waals surface area contributed by atoms with Crippen LogP contribution in [0.25, 0.3) is 5.65 Å². The van der Waals surface area contributed by atoms with Gasteiger partial charge >= 0.3 is 5.97 Å². The van der Waals surface area contributed by atoms with Crippen LogP contribution in [-0.4, -0.2) is 39.3 Å². The third-order valence-electron chi connectivity index (χ3n) is 3.33. The number of thioether (sulfide) groups is 1. The Balaban J connectivity index is 1.69. The molecule has 128 valence electrons.